The van der Waals surface area contributed by atoms with Crippen molar-refractivity contribution in [3.8, 4) is 11.5 Å². The van der Waals surface area contributed by atoms with E-state index < -0.39 is 5.60 Å². The van der Waals surface area contributed by atoms with Gasteiger partial charge in [0.1, 0.15) is 11.5 Å². The van der Waals surface area contributed by atoms with Gasteiger partial charge in [-0.1, -0.05) is 0 Å². The largest absolute Gasteiger partial charge is 0.497 e. The lowest BCUT2D eigenvalue weighted by Gasteiger charge is -2.20. The summed E-state index contributed by atoms with van der Waals surface area (Å²) in [5, 5.41) is 0. The third-order valence-electron chi connectivity index (χ3n) is 2.75. The van der Waals surface area contributed by atoms with Crippen molar-refractivity contribution in [1.82, 2.24) is 0 Å². The SMILES string of the molecule is COC(=O)C1(C)Cc2cc(OC)ccc2O1. The van der Waals surface area contributed by atoms with Crippen LogP contribution in [0.4, 0.5) is 0 Å². The Morgan fingerprint density at radius 1 is 1.44 bits per heavy atom. The number of esters is 1. The van der Waals surface area contributed by atoms with E-state index in [0.717, 1.165) is 11.3 Å². The average molecular weight is 222 g/mol. The summed E-state index contributed by atoms with van der Waals surface area (Å²) in [6, 6.07) is 5.49. The molecule has 0 fully saturated rings. The second kappa shape index (κ2) is 3.70. The first-order chi connectivity index (χ1) is 7.59. The highest BCUT2D eigenvalue weighted by molar-refractivity contribution is 5.81. The Bertz CT molecular complexity index is 427. The molecule has 16 heavy (non-hydrogen) atoms. The fourth-order valence-electron chi connectivity index (χ4n) is 1.89. The maximum Gasteiger partial charge on any atom is 0.350 e. The Morgan fingerprint density at radius 2 is 2.19 bits per heavy atom. The molecule has 1 aromatic carbocycles. The Labute approximate surface area is 94.1 Å². The fourth-order valence-corrected chi connectivity index (χ4v) is 1.89. The van der Waals surface area contributed by atoms with E-state index in [2.05, 4.69) is 0 Å². The lowest BCUT2D eigenvalue weighted by molar-refractivity contribution is -0.156. The Hall–Kier alpha value is -1.71. The van der Waals surface area contributed by atoms with Crippen LogP contribution in [-0.2, 0) is 16.0 Å². The van der Waals surface area contributed by atoms with Crippen molar-refractivity contribution in [1.29, 1.82) is 0 Å². The summed E-state index contributed by atoms with van der Waals surface area (Å²) in [6.45, 7) is 1.73. The van der Waals surface area contributed by atoms with Gasteiger partial charge in [-0.15, -0.1) is 0 Å². The van der Waals surface area contributed by atoms with Crippen molar-refractivity contribution in [3.05, 3.63) is 23.8 Å². The van der Waals surface area contributed by atoms with Gasteiger partial charge in [-0.05, 0) is 25.1 Å². The van der Waals surface area contributed by atoms with E-state index in [-0.39, 0.29) is 5.97 Å². The number of rotatable bonds is 2. The van der Waals surface area contributed by atoms with Gasteiger partial charge in [0.15, 0.2) is 0 Å². The molecule has 2 rings (SSSR count). The van der Waals surface area contributed by atoms with Crippen LogP contribution in [0, 0.1) is 0 Å². The number of carbonyl (C=O) groups excluding carboxylic acids is 1. The Balaban J connectivity index is 2.30. The van der Waals surface area contributed by atoms with Crippen LogP contribution in [-0.4, -0.2) is 25.8 Å². The molecule has 0 N–H and O–H groups in total. The molecule has 0 aliphatic carbocycles. The molecule has 0 spiro atoms. The molecular formula is C12H14O4. The molecule has 1 aromatic rings. The predicted molar refractivity (Wildman–Crippen MR) is 57.7 cm³/mol. The number of ether oxygens (including phenoxy) is 3. The summed E-state index contributed by atoms with van der Waals surface area (Å²) >= 11 is 0. The minimum absolute atomic E-state index is 0.359. The summed E-state index contributed by atoms with van der Waals surface area (Å²) in [7, 11) is 2.97. The third-order valence-corrected chi connectivity index (χ3v) is 2.75. The van der Waals surface area contributed by atoms with Gasteiger partial charge in [0.2, 0.25) is 5.60 Å². The lowest BCUT2D eigenvalue weighted by atomic mass is 9.99. The standard InChI is InChI=1S/C12H14O4/c1-12(11(13)15-3)7-8-6-9(14-2)4-5-10(8)16-12/h4-6H,7H2,1-3H3. The molecule has 1 aliphatic rings. The molecular weight excluding hydrogens is 208 g/mol. The van der Waals surface area contributed by atoms with E-state index in [9.17, 15) is 4.79 Å². The molecule has 0 radical (unpaired) electrons. The third kappa shape index (κ3) is 1.60. The van der Waals surface area contributed by atoms with E-state index in [1.165, 1.54) is 7.11 Å². The Morgan fingerprint density at radius 3 is 2.81 bits per heavy atom. The molecule has 0 aromatic heterocycles. The molecule has 1 heterocycles. The zero-order valence-corrected chi connectivity index (χ0v) is 9.57. The molecule has 1 unspecified atom stereocenters. The normalized spacial score (nSPS) is 22.2. The van der Waals surface area contributed by atoms with Crippen molar-refractivity contribution in [2.45, 2.75) is 18.9 Å². The minimum atomic E-state index is -0.913. The van der Waals surface area contributed by atoms with E-state index >= 15 is 0 Å². The van der Waals surface area contributed by atoms with Gasteiger partial charge >= 0.3 is 5.97 Å². The maximum atomic E-state index is 11.6. The highest BCUT2D eigenvalue weighted by Gasteiger charge is 2.43. The number of methoxy groups -OCH3 is 2. The minimum Gasteiger partial charge on any atom is -0.497 e. The van der Waals surface area contributed by atoms with E-state index in [1.54, 1.807) is 14.0 Å². The summed E-state index contributed by atoms with van der Waals surface area (Å²) in [6.07, 6.45) is 0.506. The van der Waals surface area contributed by atoms with Gasteiger partial charge in [0.25, 0.3) is 0 Å². The maximum absolute atomic E-state index is 11.6. The summed E-state index contributed by atoms with van der Waals surface area (Å²) < 4.78 is 15.5. The fraction of sp³-hybridized carbons (Fsp3) is 0.417. The Kier molecular flexibility index (Phi) is 2.50. The van der Waals surface area contributed by atoms with Gasteiger partial charge in [0, 0.05) is 12.0 Å². The van der Waals surface area contributed by atoms with Crippen LogP contribution in [0.15, 0.2) is 18.2 Å². The molecule has 0 amide bonds. The molecule has 0 bridgehead atoms. The van der Waals surface area contributed by atoms with Gasteiger partial charge in [-0.25, -0.2) is 4.79 Å². The lowest BCUT2D eigenvalue weighted by Crippen LogP contribution is -2.40. The molecule has 1 aliphatic heterocycles. The van der Waals surface area contributed by atoms with Crippen molar-refractivity contribution in [3.63, 3.8) is 0 Å². The van der Waals surface area contributed by atoms with Crippen LogP contribution in [0.5, 0.6) is 11.5 Å². The van der Waals surface area contributed by atoms with Crippen LogP contribution < -0.4 is 9.47 Å². The first-order valence-electron chi connectivity index (χ1n) is 5.03. The van der Waals surface area contributed by atoms with Crippen molar-refractivity contribution in [2.75, 3.05) is 14.2 Å². The van der Waals surface area contributed by atoms with Crippen LogP contribution in [0.25, 0.3) is 0 Å². The average Bonchev–Trinajstić information content (AvgIpc) is 2.64. The van der Waals surface area contributed by atoms with Gasteiger partial charge in [-0.2, -0.15) is 0 Å². The van der Waals surface area contributed by atoms with Crippen molar-refractivity contribution < 1.29 is 19.0 Å². The number of carbonyl (C=O) groups is 1. The highest BCUT2D eigenvalue weighted by atomic mass is 16.6. The quantitative estimate of drug-likeness (QED) is 0.712. The number of fused-ring (bicyclic) bond motifs is 1. The van der Waals surface area contributed by atoms with Crippen LogP contribution in [0.3, 0.4) is 0 Å². The molecule has 86 valence electrons. The van der Waals surface area contributed by atoms with Gasteiger partial charge in [0.05, 0.1) is 14.2 Å². The first kappa shape index (κ1) is 10.8. The summed E-state index contributed by atoms with van der Waals surface area (Å²) in [5.74, 6) is 1.12. The number of hydrogen-bond acceptors (Lipinski definition) is 4. The summed E-state index contributed by atoms with van der Waals surface area (Å²) in [5.41, 5.74) is 0.0518. The number of benzene rings is 1. The topological polar surface area (TPSA) is 44.8 Å². The molecule has 4 nitrogen and oxygen atoms in total. The van der Waals surface area contributed by atoms with Gasteiger partial charge in [-0.3, -0.25) is 0 Å². The van der Waals surface area contributed by atoms with E-state index in [4.69, 9.17) is 14.2 Å². The number of hydrogen-bond donors (Lipinski definition) is 0. The molecule has 1 atom stereocenters. The zero-order chi connectivity index (χ0) is 11.8. The van der Waals surface area contributed by atoms with Crippen LogP contribution >= 0.6 is 0 Å². The molecule has 4 heteroatoms. The van der Waals surface area contributed by atoms with Gasteiger partial charge < -0.3 is 14.2 Å². The molecule has 0 saturated carbocycles. The predicted octanol–water partition coefficient (Wildman–Crippen LogP) is 1.56. The molecule has 0 saturated heterocycles. The van der Waals surface area contributed by atoms with E-state index in [1.807, 2.05) is 18.2 Å². The van der Waals surface area contributed by atoms with Crippen molar-refractivity contribution >= 4 is 5.97 Å². The van der Waals surface area contributed by atoms with Crippen molar-refractivity contribution in [2.24, 2.45) is 0 Å². The highest BCUT2D eigenvalue weighted by Crippen LogP contribution is 2.37. The second-order valence-corrected chi connectivity index (χ2v) is 3.97. The van der Waals surface area contributed by atoms with Crippen LogP contribution in [0.2, 0.25) is 0 Å². The smallest absolute Gasteiger partial charge is 0.350 e. The van der Waals surface area contributed by atoms with Crippen LogP contribution in [0.1, 0.15) is 12.5 Å². The zero-order valence-electron chi connectivity index (χ0n) is 9.57. The second-order valence-electron chi connectivity index (χ2n) is 3.97. The summed E-state index contributed by atoms with van der Waals surface area (Å²) in [4.78, 5) is 11.6. The monoisotopic (exact) mass is 222 g/mol. The van der Waals surface area contributed by atoms with E-state index in [0.29, 0.717) is 12.2 Å². The first-order valence-corrected chi connectivity index (χ1v) is 5.03.